The molecule has 5 fully saturated rings. The number of alkyl halides is 3. The zero-order valence-electron chi connectivity index (χ0n) is 18.6. The van der Waals surface area contributed by atoms with Crippen molar-refractivity contribution in [2.24, 2.45) is 23.7 Å². The number of rotatable bonds is 4. The Morgan fingerprint density at radius 1 is 1.09 bits per heavy atom. The van der Waals surface area contributed by atoms with Crippen LogP contribution in [0.5, 0.6) is 0 Å². The maximum atomic E-state index is 14.6. The van der Waals surface area contributed by atoms with Crippen molar-refractivity contribution in [3.8, 4) is 0 Å². The van der Waals surface area contributed by atoms with Crippen LogP contribution in [0, 0.1) is 23.7 Å². The summed E-state index contributed by atoms with van der Waals surface area (Å²) >= 11 is 0. The molecule has 0 aromatic carbocycles. The maximum Gasteiger partial charge on any atom is 0.437 e. The predicted octanol–water partition coefficient (Wildman–Crippen LogP) is 3.20. The maximum absolute atomic E-state index is 14.6. The monoisotopic (exact) mass is 465 g/mol. The van der Waals surface area contributed by atoms with Crippen LogP contribution in [-0.4, -0.2) is 48.1 Å². The molecule has 182 valence electrons. The van der Waals surface area contributed by atoms with Gasteiger partial charge in [0.25, 0.3) is 5.91 Å². The first-order valence-corrected chi connectivity index (χ1v) is 11.1. The molecule has 1 spiro atoms. The minimum atomic E-state index is -4.96. The number of carbonyl (C=O) groups is 2. The minimum Gasteiger partial charge on any atom is -0.456 e. The van der Waals surface area contributed by atoms with Crippen molar-refractivity contribution in [2.45, 2.75) is 89.4 Å². The van der Waals surface area contributed by atoms with Crippen LogP contribution in [-0.2, 0) is 33.6 Å². The second-order valence-electron chi connectivity index (χ2n) is 9.51. The third-order valence-corrected chi connectivity index (χ3v) is 7.87. The number of esters is 1. The lowest BCUT2D eigenvalue weighted by Crippen LogP contribution is -2.79. The molecule has 1 amide bonds. The molecule has 8 atom stereocenters. The molecule has 8 nitrogen and oxygen atoms in total. The van der Waals surface area contributed by atoms with E-state index in [-0.39, 0.29) is 11.8 Å². The zero-order chi connectivity index (χ0) is 23.5. The smallest absolute Gasteiger partial charge is 0.437 e. The first kappa shape index (κ1) is 23.7. The lowest BCUT2D eigenvalue weighted by atomic mass is 9.56. The summed E-state index contributed by atoms with van der Waals surface area (Å²) < 4.78 is 60.2. The Balaban J connectivity index is 1.76. The Bertz CT molecular complexity index is 779. The normalized spacial score (nSPS) is 45.5. The van der Waals surface area contributed by atoms with Crippen molar-refractivity contribution >= 4 is 11.9 Å². The van der Waals surface area contributed by atoms with Crippen molar-refractivity contribution in [2.75, 3.05) is 6.61 Å². The van der Waals surface area contributed by atoms with Gasteiger partial charge in [0.15, 0.2) is 18.5 Å². The summed E-state index contributed by atoms with van der Waals surface area (Å²) in [7, 11) is 0. The van der Waals surface area contributed by atoms with Crippen LogP contribution in [0.3, 0.4) is 0 Å². The van der Waals surface area contributed by atoms with Crippen LogP contribution in [0.1, 0.15) is 59.8 Å². The molecule has 4 aliphatic heterocycles. The summed E-state index contributed by atoms with van der Waals surface area (Å²) in [6.45, 7) is 5.49. The molecule has 0 radical (unpaired) electrons. The molecule has 0 aromatic rings. The summed E-state index contributed by atoms with van der Waals surface area (Å²) in [6.07, 6.45) is -3.69. The molecule has 0 aromatic heterocycles. The number of fused-ring (bicyclic) bond motifs is 2. The Kier molecular flexibility index (Phi) is 5.79. The zero-order valence-corrected chi connectivity index (χ0v) is 18.6. The number of carbonyl (C=O) groups excluding carboxylic acids is 2. The van der Waals surface area contributed by atoms with Gasteiger partial charge in [-0.3, -0.25) is 9.59 Å². The van der Waals surface area contributed by atoms with Crippen molar-refractivity contribution in [1.29, 1.82) is 0 Å². The van der Waals surface area contributed by atoms with E-state index in [4.69, 9.17) is 19.2 Å². The van der Waals surface area contributed by atoms with Gasteiger partial charge in [-0.15, -0.1) is 0 Å². The number of hydrogen-bond donors (Lipinski definition) is 1. The Morgan fingerprint density at radius 2 is 1.81 bits per heavy atom. The predicted molar refractivity (Wildman–Crippen MR) is 101 cm³/mol. The third kappa shape index (κ3) is 3.35. The third-order valence-electron chi connectivity index (χ3n) is 7.87. The second-order valence-corrected chi connectivity index (χ2v) is 9.51. The second kappa shape index (κ2) is 7.82. The van der Waals surface area contributed by atoms with Crippen molar-refractivity contribution < 1.29 is 46.7 Å². The quantitative estimate of drug-likeness (QED) is 0.504. The van der Waals surface area contributed by atoms with E-state index in [1.54, 1.807) is 6.92 Å². The average molecular weight is 465 g/mol. The van der Waals surface area contributed by atoms with Crippen molar-refractivity contribution in [3.05, 3.63) is 0 Å². The SMILES string of the molecule is CC[C@@]12CCC3[C@H](C)CCC4[C@@H](C)[C@](NC(=O)COC(C)=O)(C(F)(F)F)O[C@H](O1)[C@@]34OO2. The van der Waals surface area contributed by atoms with E-state index < -0.39 is 59.9 Å². The average Bonchev–Trinajstić information content (AvgIpc) is 2.97. The molecule has 1 saturated carbocycles. The van der Waals surface area contributed by atoms with E-state index in [0.717, 1.165) is 6.92 Å². The van der Waals surface area contributed by atoms with Gasteiger partial charge < -0.3 is 19.5 Å². The number of ether oxygens (including phenoxy) is 3. The molecule has 2 unspecified atom stereocenters. The van der Waals surface area contributed by atoms with Gasteiger partial charge in [0.1, 0.15) is 0 Å². The van der Waals surface area contributed by atoms with Gasteiger partial charge in [-0.1, -0.05) is 20.8 Å². The summed E-state index contributed by atoms with van der Waals surface area (Å²) in [6, 6.07) is 0. The van der Waals surface area contributed by atoms with Crippen LogP contribution in [0.2, 0.25) is 0 Å². The summed E-state index contributed by atoms with van der Waals surface area (Å²) in [5.41, 5.74) is -4.24. The van der Waals surface area contributed by atoms with Crippen LogP contribution in [0.25, 0.3) is 0 Å². The number of hydrogen-bond acceptors (Lipinski definition) is 7. The van der Waals surface area contributed by atoms with Gasteiger partial charge in [0.05, 0.1) is 0 Å². The first-order chi connectivity index (χ1) is 14.9. The van der Waals surface area contributed by atoms with Crippen LogP contribution < -0.4 is 5.32 Å². The van der Waals surface area contributed by atoms with E-state index >= 15 is 0 Å². The van der Waals surface area contributed by atoms with Gasteiger partial charge in [-0.05, 0) is 31.1 Å². The van der Waals surface area contributed by atoms with Crippen LogP contribution in [0.15, 0.2) is 0 Å². The van der Waals surface area contributed by atoms with E-state index in [9.17, 15) is 22.8 Å². The number of amides is 1. The molecule has 2 bridgehead atoms. The fraction of sp³-hybridized carbons (Fsp3) is 0.905. The van der Waals surface area contributed by atoms with E-state index in [1.165, 1.54) is 6.92 Å². The first-order valence-electron chi connectivity index (χ1n) is 11.1. The number of nitrogens with one attached hydrogen (secondary N) is 1. The summed E-state index contributed by atoms with van der Waals surface area (Å²) in [4.78, 5) is 35.1. The number of halogens is 3. The Morgan fingerprint density at radius 3 is 2.44 bits per heavy atom. The van der Waals surface area contributed by atoms with Gasteiger partial charge in [-0.2, -0.15) is 13.2 Å². The molecule has 1 N–H and O–H groups in total. The highest BCUT2D eigenvalue weighted by atomic mass is 19.4. The lowest BCUT2D eigenvalue weighted by Gasteiger charge is -2.63. The fourth-order valence-electron chi connectivity index (χ4n) is 6.13. The molecular formula is C21H30F3NO7. The Labute approximate surface area is 184 Å². The van der Waals surface area contributed by atoms with Crippen molar-refractivity contribution in [3.63, 3.8) is 0 Å². The van der Waals surface area contributed by atoms with Crippen LogP contribution >= 0.6 is 0 Å². The largest absolute Gasteiger partial charge is 0.456 e. The van der Waals surface area contributed by atoms with E-state index in [1.807, 2.05) is 5.32 Å². The Hall–Kier alpha value is -1.43. The topological polar surface area (TPSA) is 92.3 Å². The molecule has 11 heteroatoms. The van der Waals surface area contributed by atoms with Gasteiger partial charge in [0.2, 0.25) is 11.5 Å². The molecular weight excluding hydrogens is 435 g/mol. The highest BCUT2D eigenvalue weighted by molar-refractivity contribution is 5.80. The highest BCUT2D eigenvalue weighted by Crippen LogP contribution is 2.63. The standard InChI is InChI=1S/C21H30F3NO7/c1-5-18-9-8-14-11(2)6-7-15-12(3)20(21(22,23)24,25-16(27)10-28-13(4)26)30-17(29-18)19(14,15)32-31-18/h11-12,14-15,17H,5-10H2,1-4H3,(H,25,27)/t11-,12-,14?,15?,17+,18-,19-,20-/m1/s1. The van der Waals surface area contributed by atoms with Crippen molar-refractivity contribution in [1.82, 2.24) is 5.32 Å². The van der Waals surface area contributed by atoms with E-state index in [0.29, 0.717) is 32.1 Å². The van der Waals surface area contributed by atoms with Gasteiger partial charge in [0, 0.05) is 31.6 Å². The molecule has 5 aliphatic rings. The van der Waals surface area contributed by atoms with Crippen LogP contribution in [0.4, 0.5) is 13.2 Å². The summed E-state index contributed by atoms with van der Waals surface area (Å²) in [5, 5.41) is 1.99. The molecule has 4 heterocycles. The fourth-order valence-corrected chi connectivity index (χ4v) is 6.13. The summed E-state index contributed by atoms with van der Waals surface area (Å²) in [5.74, 6) is -4.89. The molecule has 32 heavy (non-hydrogen) atoms. The van der Waals surface area contributed by atoms with E-state index in [2.05, 4.69) is 11.7 Å². The molecule has 1 aliphatic carbocycles. The lowest BCUT2D eigenvalue weighted by molar-refractivity contribution is -0.588. The van der Waals surface area contributed by atoms with Gasteiger partial charge >= 0.3 is 12.1 Å². The van der Waals surface area contributed by atoms with Gasteiger partial charge in [-0.25, -0.2) is 9.78 Å². The molecule has 5 rings (SSSR count). The minimum absolute atomic E-state index is 0.118. The molecule has 4 saturated heterocycles. The highest BCUT2D eigenvalue weighted by Gasteiger charge is 2.77.